The molecule has 9 aromatic carbocycles. The number of nitrogens with zero attached hydrogens (tertiary/aromatic N) is 3. The van der Waals surface area contributed by atoms with Gasteiger partial charge in [-0.15, -0.1) is 0 Å². The van der Waals surface area contributed by atoms with E-state index >= 15 is 0 Å². The Kier molecular flexibility index (Phi) is 6.80. The van der Waals surface area contributed by atoms with Crippen molar-refractivity contribution < 1.29 is 4.42 Å². The number of aromatic nitrogens is 1. The van der Waals surface area contributed by atoms with E-state index < -0.39 is 0 Å². The van der Waals surface area contributed by atoms with Gasteiger partial charge < -0.3 is 4.42 Å². The molecule has 0 spiro atoms. The van der Waals surface area contributed by atoms with Gasteiger partial charge in [0.15, 0.2) is 5.84 Å². The highest BCUT2D eigenvalue weighted by Crippen LogP contribution is 2.44. The molecular weight excluding hydrogens is 659 g/mol. The molecule has 11 rings (SSSR count). The van der Waals surface area contributed by atoms with Gasteiger partial charge in [0.2, 0.25) is 0 Å². The first-order valence-corrected chi connectivity index (χ1v) is 18.4. The summed E-state index contributed by atoms with van der Waals surface area (Å²) in [7, 11) is 0. The topological polar surface area (TPSA) is 42.8 Å². The lowest BCUT2D eigenvalue weighted by Crippen LogP contribution is -2.11. The number of para-hydroxylation sites is 1. The summed E-state index contributed by atoms with van der Waals surface area (Å²) < 4.78 is 8.54. The van der Waals surface area contributed by atoms with Crippen molar-refractivity contribution >= 4 is 98.5 Å². The van der Waals surface area contributed by atoms with Crippen LogP contribution in [0.15, 0.2) is 184 Å². The van der Waals surface area contributed by atoms with Crippen molar-refractivity contribution in [2.75, 3.05) is 0 Å². The smallest absolute Gasteiger partial charge is 0.156 e. The largest absolute Gasteiger partial charge is 0.456 e. The minimum atomic E-state index is 0.468. The van der Waals surface area contributed by atoms with E-state index in [9.17, 15) is 0 Å². The van der Waals surface area contributed by atoms with E-state index in [1.54, 1.807) is 0 Å². The summed E-state index contributed by atoms with van der Waals surface area (Å²) in [5, 5.41) is 14.7. The fourth-order valence-corrected chi connectivity index (χ4v) is 8.63. The molecule has 0 aliphatic rings. The SMILES string of the molecule is CC(=NC(=NCc1ccc2c(c1)oc1ccccc12)c1ccccc1)n1c2ccc3ccccc3c2c2c3c4ccccc4c4ccccc4c3ccc21. The number of amidine groups is 1. The quantitative estimate of drug-likeness (QED) is 0.103. The molecule has 254 valence electrons. The molecule has 0 saturated heterocycles. The third-order valence-corrected chi connectivity index (χ3v) is 11.0. The van der Waals surface area contributed by atoms with E-state index in [0.717, 1.165) is 49.9 Å². The molecule has 54 heavy (non-hydrogen) atoms. The van der Waals surface area contributed by atoms with Crippen molar-refractivity contribution in [3.05, 3.63) is 181 Å². The van der Waals surface area contributed by atoms with Crippen LogP contribution >= 0.6 is 0 Å². The minimum Gasteiger partial charge on any atom is -0.456 e. The second-order valence-electron chi connectivity index (χ2n) is 14.1. The average molecular weight is 692 g/mol. The van der Waals surface area contributed by atoms with Crippen molar-refractivity contribution in [2.45, 2.75) is 13.5 Å². The number of rotatable bonds is 3. The van der Waals surface area contributed by atoms with E-state index in [1.165, 1.54) is 53.9 Å². The predicted octanol–water partition coefficient (Wildman–Crippen LogP) is 13.2. The molecule has 0 unspecified atom stereocenters. The van der Waals surface area contributed by atoms with Gasteiger partial charge in [0.05, 0.1) is 17.6 Å². The molecule has 0 saturated carbocycles. The Labute approximate surface area is 310 Å². The molecule has 0 atom stereocenters. The molecule has 0 amide bonds. The summed E-state index contributed by atoms with van der Waals surface area (Å²) in [4.78, 5) is 10.6. The number of aliphatic imine (C=N–C) groups is 2. The molecule has 0 N–H and O–H groups in total. The molecule has 2 heterocycles. The van der Waals surface area contributed by atoms with Gasteiger partial charge in [-0.3, -0.25) is 9.56 Å². The van der Waals surface area contributed by atoms with Crippen LogP contribution in [-0.4, -0.2) is 16.2 Å². The second kappa shape index (κ2) is 12.0. The first-order chi connectivity index (χ1) is 26.7. The fraction of sp³-hybridized carbons (Fsp3) is 0.0400. The highest BCUT2D eigenvalue weighted by Gasteiger charge is 2.21. The number of furan rings is 1. The second-order valence-corrected chi connectivity index (χ2v) is 14.1. The maximum Gasteiger partial charge on any atom is 0.156 e. The van der Waals surface area contributed by atoms with E-state index in [1.807, 2.05) is 36.4 Å². The molecule has 11 aromatic rings. The lowest BCUT2D eigenvalue weighted by Gasteiger charge is -2.13. The number of benzene rings is 9. The zero-order chi connectivity index (χ0) is 35.8. The Balaban J connectivity index is 1.16. The zero-order valence-corrected chi connectivity index (χ0v) is 29.6. The van der Waals surface area contributed by atoms with Crippen LogP contribution in [0, 0.1) is 0 Å². The Morgan fingerprint density at radius 1 is 0.481 bits per heavy atom. The molecule has 0 aliphatic heterocycles. The highest BCUT2D eigenvalue weighted by atomic mass is 16.3. The van der Waals surface area contributed by atoms with E-state index in [2.05, 4.69) is 145 Å². The van der Waals surface area contributed by atoms with Crippen molar-refractivity contribution in [3.63, 3.8) is 0 Å². The Morgan fingerprint density at radius 2 is 1.06 bits per heavy atom. The molecule has 2 aromatic heterocycles. The van der Waals surface area contributed by atoms with Crippen molar-refractivity contribution in [1.29, 1.82) is 0 Å². The lowest BCUT2D eigenvalue weighted by atomic mass is 9.91. The van der Waals surface area contributed by atoms with Gasteiger partial charge in [0.1, 0.15) is 17.0 Å². The Morgan fingerprint density at radius 3 is 1.85 bits per heavy atom. The highest BCUT2D eigenvalue weighted by molar-refractivity contribution is 6.38. The summed E-state index contributed by atoms with van der Waals surface area (Å²) >= 11 is 0. The fourth-order valence-electron chi connectivity index (χ4n) is 8.63. The summed E-state index contributed by atoms with van der Waals surface area (Å²) in [5.74, 6) is 1.54. The van der Waals surface area contributed by atoms with Crippen LogP contribution < -0.4 is 0 Å². The van der Waals surface area contributed by atoms with Crippen LogP contribution in [0.4, 0.5) is 0 Å². The molecule has 4 heteroatoms. The Hall–Kier alpha value is -7.04. The maximum absolute atomic E-state index is 6.21. The summed E-state index contributed by atoms with van der Waals surface area (Å²) in [5.41, 5.74) is 6.05. The van der Waals surface area contributed by atoms with Crippen LogP contribution in [0.25, 0.3) is 86.8 Å². The van der Waals surface area contributed by atoms with Gasteiger partial charge >= 0.3 is 0 Å². The Bertz CT molecular complexity index is 3330. The molecule has 0 bridgehead atoms. The minimum absolute atomic E-state index is 0.468. The molecular formula is C50H33N3O. The first-order valence-electron chi connectivity index (χ1n) is 18.4. The normalized spacial score (nSPS) is 12.8. The summed E-state index contributed by atoms with van der Waals surface area (Å²) in [6.45, 7) is 2.57. The van der Waals surface area contributed by atoms with Crippen LogP contribution in [0.2, 0.25) is 0 Å². The summed E-state index contributed by atoms with van der Waals surface area (Å²) in [6, 6.07) is 60.3. The number of hydrogen-bond acceptors (Lipinski definition) is 2. The number of fused-ring (bicyclic) bond motifs is 15. The molecule has 0 fully saturated rings. The van der Waals surface area contributed by atoms with Crippen LogP contribution in [0.1, 0.15) is 18.1 Å². The maximum atomic E-state index is 6.21. The molecule has 0 aliphatic carbocycles. The van der Waals surface area contributed by atoms with Gasteiger partial charge in [0, 0.05) is 32.5 Å². The van der Waals surface area contributed by atoms with Gasteiger partial charge in [-0.25, -0.2) is 4.99 Å². The van der Waals surface area contributed by atoms with Gasteiger partial charge in [-0.05, 0) is 74.5 Å². The van der Waals surface area contributed by atoms with Gasteiger partial charge in [-0.2, -0.15) is 0 Å². The van der Waals surface area contributed by atoms with Crippen LogP contribution in [0.3, 0.4) is 0 Å². The molecule has 4 nitrogen and oxygen atoms in total. The number of hydrogen-bond donors (Lipinski definition) is 0. The predicted molar refractivity (Wildman–Crippen MR) is 228 cm³/mol. The first kappa shape index (κ1) is 30.6. The summed E-state index contributed by atoms with van der Waals surface area (Å²) in [6.07, 6.45) is 0. The molecule has 0 radical (unpaired) electrons. The van der Waals surface area contributed by atoms with Crippen LogP contribution in [-0.2, 0) is 6.54 Å². The zero-order valence-electron chi connectivity index (χ0n) is 29.6. The monoisotopic (exact) mass is 691 g/mol. The van der Waals surface area contributed by atoms with Crippen molar-refractivity contribution in [3.8, 4) is 0 Å². The third-order valence-electron chi connectivity index (χ3n) is 11.0. The standard InChI is InChI=1S/C50H33N3O/c1-31(52-50(34-14-3-2-4-15-34)51-30-32-23-25-40-39-20-11-12-22-45(39)54-46(40)29-32)53-43-27-24-33-13-5-6-16-35(33)48(43)49-44(53)28-26-42-38-19-8-7-17-36(38)37-18-9-10-21-41(37)47(42)49/h2-29H,30H2,1H3. The van der Waals surface area contributed by atoms with Gasteiger partial charge in [0.25, 0.3) is 0 Å². The van der Waals surface area contributed by atoms with Crippen LogP contribution in [0.5, 0.6) is 0 Å². The average Bonchev–Trinajstić information content (AvgIpc) is 3.78. The van der Waals surface area contributed by atoms with E-state index in [4.69, 9.17) is 14.4 Å². The van der Waals surface area contributed by atoms with Crippen molar-refractivity contribution in [1.82, 2.24) is 4.57 Å². The van der Waals surface area contributed by atoms with Crippen molar-refractivity contribution in [2.24, 2.45) is 9.98 Å². The third kappa shape index (κ3) is 4.63. The lowest BCUT2D eigenvalue weighted by molar-refractivity contribution is 0.668. The van der Waals surface area contributed by atoms with E-state index in [0.29, 0.717) is 12.4 Å². The van der Waals surface area contributed by atoms with Gasteiger partial charge in [-0.1, -0.05) is 146 Å². The van der Waals surface area contributed by atoms with E-state index in [-0.39, 0.29) is 0 Å².